The summed E-state index contributed by atoms with van der Waals surface area (Å²) in [5.74, 6) is 1.66. The van der Waals surface area contributed by atoms with E-state index in [4.69, 9.17) is 9.15 Å². The fourth-order valence-electron chi connectivity index (χ4n) is 1.81. The number of thiazole rings is 1. The molecule has 0 spiro atoms. The second-order valence-electron chi connectivity index (χ2n) is 4.49. The quantitative estimate of drug-likeness (QED) is 0.798. The molecule has 0 saturated heterocycles. The number of pyridine rings is 1. The van der Waals surface area contributed by atoms with Gasteiger partial charge in [-0.3, -0.25) is 4.79 Å². The van der Waals surface area contributed by atoms with Gasteiger partial charge in [-0.25, -0.2) is 9.97 Å². The number of nitrogens with zero attached hydrogens (tertiary/aromatic N) is 2. The summed E-state index contributed by atoms with van der Waals surface area (Å²) in [7, 11) is 1.54. The summed E-state index contributed by atoms with van der Waals surface area (Å²) in [6.07, 6.45) is 1.53. The summed E-state index contributed by atoms with van der Waals surface area (Å²) < 4.78 is 10.5. The van der Waals surface area contributed by atoms with Gasteiger partial charge in [0, 0.05) is 11.4 Å². The van der Waals surface area contributed by atoms with Crippen molar-refractivity contribution < 1.29 is 13.9 Å². The highest BCUT2D eigenvalue weighted by Crippen LogP contribution is 2.25. The van der Waals surface area contributed by atoms with Gasteiger partial charge in [0.1, 0.15) is 11.5 Å². The molecule has 1 amide bonds. The van der Waals surface area contributed by atoms with Gasteiger partial charge in [0.15, 0.2) is 10.8 Å². The minimum atomic E-state index is -0.294. The van der Waals surface area contributed by atoms with Crippen molar-refractivity contribution in [2.24, 2.45) is 0 Å². The predicted octanol–water partition coefficient (Wildman–Crippen LogP) is 3.37. The van der Waals surface area contributed by atoms with E-state index in [1.807, 2.05) is 19.1 Å². The van der Waals surface area contributed by atoms with Gasteiger partial charge in [-0.05, 0) is 25.1 Å². The number of amides is 1. The van der Waals surface area contributed by atoms with Gasteiger partial charge < -0.3 is 14.5 Å². The van der Waals surface area contributed by atoms with Crippen LogP contribution in [0.1, 0.15) is 16.2 Å². The Morgan fingerprint density at radius 2 is 2.18 bits per heavy atom. The first-order chi connectivity index (χ1) is 10.7. The van der Waals surface area contributed by atoms with Crippen LogP contribution in [0.2, 0.25) is 0 Å². The number of ether oxygens (including phenoxy) is 1. The molecule has 3 aromatic heterocycles. The van der Waals surface area contributed by atoms with Crippen LogP contribution >= 0.6 is 11.3 Å². The molecule has 0 fully saturated rings. The molecule has 22 heavy (non-hydrogen) atoms. The topological polar surface area (TPSA) is 77.2 Å². The van der Waals surface area contributed by atoms with E-state index >= 15 is 0 Å². The maximum atomic E-state index is 12.2. The van der Waals surface area contributed by atoms with Crippen LogP contribution in [0.25, 0.3) is 10.8 Å². The number of nitrogens with one attached hydrogen (secondary N) is 1. The van der Waals surface area contributed by atoms with Crippen molar-refractivity contribution in [1.82, 2.24) is 9.97 Å². The van der Waals surface area contributed by atoms with Gasteiger partial charge in [0.2, 0.25) is 5.88 Å². The van der Waals surface area contributed by atoms with Crippen LogP contribution in [0.3, 0.4) is 0 Å². The van der Waals surface area contributed by atoms with E-state index in [1.165, 1.54) is 24.6 Å². The molecule has 0 aromatic carbocycles. The Labute approximate surface area is 130 Å². The lowest BCUT2D eigenvalue weighted by Crippen LogP contribution is -2.12. The van der Waals surface area contributed by atoms with Crippen molar-refractivity contribution in [2.75, 3.05) is 12.4 Å². The van der Waals surface area contributed by atoms with Crippen LogP contribution in [0, 0.1) is 6.92 Å². The van der Waals surface area contributed by atoms with Crippen molar-refractivity contribution in [3.05, 3.63) is 47.3 Å². The molecule has 3 rings (SSSR count). The first kappa shape index (κ1) is 14.3. The molecule has 6 nitrogen and oxygen atoms in total. The molecule has 0 saturated carbocycles. The van der Waals surface area contributed by atoms with E-state index in [9.17, 15) is 4.79 Å². The molecule has 112 valence electrons. The molecule has 0 unspecified atom stereocenters. The zero-order valence-electron chi connectivity index (χ0n) is 12.0. The number of furan rings is 1. The van der Waals surface area contributed by atoms with Crippen LogP contribution < -0.4 is 10.1 Å². The van der Waals surface area contributed by atoms with E-state index in [0.717, 1.165) is 5.76 Å². The van der Waals surface area contributed by atoms with Crippen molar-refractivity contribution in [2.45, 2.75) is 6.92 Å². The zero-order valence-corrected chi connectivity index (χ0v) is 12.8. The third kappa shape index (κ3) is 2.99. The van der Waals surface area contributed by atoms with Crippen LogP contribution in [0.5, 0.6) is 5.88 Å². The number of aryl methyl sites for hydroxylation is 1. The predicted molar refractivity (Wildman–Crippen MR) is 83.3 cm³/mol. The third-order valence-electron chi connectivity index (χ3n) is 2.89. The Hall–Kier alpha value is -2.67. The summed E-state index contributed by atoms with van der Waals surface area (Å²) in [6, 6.07) is 7.09. The second-order valence-corrected chi connectivity index (χ2v) is 5.35. The van der Waals surface area contributed by atoms with E-state index < -0.39 is 0 Å². The Kier molecular flexibility index (Phi) is 3.88. The SMILES string of the molecule is COc1ccc(NC(=O)c2csc(-c3ccc(C)o3)n2)cn1. The van der Waals surface area contributed by atoms with Crippen molar-refractivity contribution in [3.63, 3.8) is 0 Å². The number of carbonyl (C=O) groups excluding carboxylic acids is 1. The lowest BCUT2D eigenvalue weighted by molar-refractivity contribution is 0.102. The molecule has 0 aliphatic rings. The summed E-state index contributed by atoms with van der Waals surface area (Å²) in [6.45, 7) is 1.86. The van der Waals surface area contributed by atoms with Crippen LogP contribution in [0.4, 0.5) is 5.69 Å². The highest BCUT2D eigenvalue weighted by molar-refractivity contribution is 7.13. The molecule has 0 aliphatic carbocycles. The number of rotatable bonds is 4. The van der Waals surface area contributed by atoms with Crippen molar-refractivity contribution in [1.29, 1.82) is 0 Å². The maximum absolute atomic E-state index is 12.2. The first-order valence-corrected chi connectivity index (χ1v) is 7.37. The fourth-order valence-corrected chi connectivity index (χ4v) is 2.57. The normalized spacial score (nSPS) is 10.5. The summed E-state index contributed by atoms with van der Waals surface area (Å²) in [4.78, 5) is 20.5. The van der Waals surface area contributed by atoms with Gasteiger partial charge in [0.05, 0.1) is 19.0 Å². The van der Waals surface area contributed by atoms with E-state index in [1.54, 1.807) is 17.5 Å². The molecule has 0 radical (unpaired) electrons. The molecule has 0 atom stereocenters. The minimum absolute atomic E-state index is 0.294. The summed E-state index contributed by atoms with van der Waals surface area (Å²) >= 11 is 1.36. The molecule has 0 bridgehead atoms. The number of carbonyl (C=O) groups is 1. The van der Waals surface area contributed by atoms with Gasteiger partial charge in [0.25, 0.3) is 5.91 Å². The van der Waals surface area contributed by atoms with Crippen molar-refractivity contribution in [3.8, 4) is 16.6 Å². The highest BCUT2D eigenvalue weighted by Gasteiger charge is 2.14. The fraction of sp³-hybridized carbons (Fsp3) is 0.133. The molecule has 1 N–H and O–H groups in total. The summed E-state index contributed by atoms with van der Waals surface area (Å²) in [5, 5.41) is 5.10. The molecular formula is C15H13N3O3S. The lowest BCUT2D eigenvalue weighted by Gasteiger charge is -2.03. The molecule has 0 aliphatic heterocycles. The zero-order chi connectivity index (χ0) is 15.5. The highest BCUT2D eigenvalue weighted by atomic mass is 32.1. The van der Waals surface area contributed by atoms with Gasteiger partial charge in [-0.2, -0.15) is 0 Å². The number of aromatic nitrogens is 2. The summed E-state index contributed by atoms with van der Waals surface area (Å²) in [5.41, 5.74) is 0.916. The Morgan fingerprint density at radius 3 is 2.82 bits per heavy atom. The van der Waals surface area contributed by atoms with E-state index in [0.29, 0.717) is 28.0 Å². The number of hydrogen-bond donors (Lipinski definition) is 1. The van der Waals surface area contributed by atoms with Crippen LogP contribution in [0.15, 0.2) is 40.3 Å². The Bertz CT molecular complexity index is 792. The largest absolute Gasteiger partial charge is 0.481 e. The van der Waals surface area contributed by atoms with Gasteiger partial charge in [-0.15, -0.1) is 11.3 Å². The van der Waals surface area contributed by atoms with E-state index in [-0.39, 0.29) is 5.91 Å². The lowest BCUT2D eigenvalue weighted by atomic mass is 10.3. The average molecular weight is 315 g/mol. The standard InChI is InChI=1S/C15H13N3O3S/c1-9-3-5-12(21-9)15-18-11(8-22-15)14(19)17-10-4-6-13(20-2)16-7-10/h3-8H,1-2H3,(H,17,19). The molecule has 3 aromatic rings. The molecule has 3 heterocycles. The number of hydrogen-bond acceptors (Lipinski definition) is 6. The Balaban J connectivity index is 1.73. The monoisotopic (exact) mass is 315 g/mol. The van der Waals surface area contributed by atoms with Gasteiger partial charge in [-0.1, -0.05) is 0 Å². The molecular weight excluding hydrogens is 302 g/mol. The molecule has 7 heteroatoms. The second kappa shape index (κ2) is 5.98. The van der Waals surface area contributed by atoms with E-state index in [2.05, 4.69) is 15.3 Å². The minimum Gasteiger partial charge on any atom is -0.481 e. The number of anilines is 1. The van der Waals surface area contributed by atoms with Crippen LogP contribution in [-0.4, -0.2) is 23.0 Å². The van der Waals surface area contributed by atoms with Crippen LogP contribution in [-0.2, 0) is 0 Å². The smallest absolute Gasteiger partial charge is 0.275 e. The van der Waals surface area contributed by atoms with Gasteiger partial charge >= 0.3 is 0 Å². The van der Waals surface area contributed by atoms with Crippen molar-refractivity contribution >= 4 is 22.9 Å². The third-order valence-corrected chi connectivity index (χ3v) is 3.75. The first-order valence-electron chi connectivity index (χ1n) is 6.49. The number of methoxy groups -OCH3 is 1. The average Bonchev–Trinajstić information content (AvgIpc) is 3.16. The Morgan fingerprint density at radius 1 is 1.32 bits per heavy atom. The maximum Gasteiger partial charge on any atom is 0.275 e.